The minimum Gasteiger partial charge on any atom is -0.388 e. The molecule has 2 aromatic rings. The maximum absolute atomic E-state index is 9.45. The normalized spacial score (nSPS) is 14.9. The number of nitrogens with one attached hydrogen (secondary N) is 2. The van der Waals surface area contributed by atoms with Crippen molar-refractivity contribution < 1.29 is 5.21 Å². The van der Waals surface area contributed by atoms with Gasteiger partial charge >= 0.3 is 0 Å². The molecule has 0 saturated carbocycles. The predicted molar refractivity (Wildman–Crippen MR) is 97.3 cm³/mol. The molecule has 0 unspecified atom stereocenters. The number of rotatable bonds is 4. The zero-order valence-electron chi connectivity index (χ0n) is 13.4. The maximum Gasteiger partial charge on any atom is 0.0697 e. The number of nitrogens with zero attached hydrogens (tertiary/aromatic N) is 1. The first-order chi connectivity index (χ1) is 11.3. The van der Waals surface area contributed by atoms with E-state index < -0.39 is 0 Å². The summed E-state index contributed by atoms with van der Waals surface area (Å²) in [6.07, 6.45) is 4.23. The van der Waals surface area contributed by atoms with Gasteiger partial charge in [0.1, 0.15) is 0 Å². The van der Waals surface area contributed by atoms with Crippen molar-refractivity contribution in [3.63, 3.8) is 0 Å². The molecule has 4 heteroatoms. The topological polar surface area (TPSA) is 47.5 Å². The lowest BCUT2D eigenvalue weighted by Gasteiger charge is -2.23. The first-order valence-corrected chi connectivity index (χ1v) is 8.03. The quantitative estimate of drug-likeness (QED) is 0.740. The van der Waals surface area contributed by atoms with Gasteiger partial charge in [-0.15, -0.1) is 0 Å². The van der Waals surface area contributed by atoms with Gasteiger partial charge in [0.25, 0.3) is 0 Å². The molecule has 0 fully saturated rings. The SMILES string of the molecule is CNc1cccc(NO)c1C1=CCCN(c2ccccc2)CC1. The Kier molecular flexibility index (Phi) is 4.83. The van der Waals surface area contributed by atoms with Gasteiger partial charge < -0.3 is 10.2 Å². The van der Waals surface area contributed by atoms with E-state index >= 15 is 0 Å². The third-order valence-electron chi connectivity index (χ3n) is 4.34. The van der Waals surface area contributed by atoms with Crippen molar-refractivity contribution in [1.82, 2.24) is 0 Å². The van der Waals surface area contributed by atoms with Crippen LogP contribution in [0.1, 0.15) is 18.4 Å². The number of anilines is 3. The highest BCUT2D eigenvalue weighted by atomic mass is 16.5. The van der Waals surface area contributed by atoms with Crippen LogP contribution >= 0.6 is 0 Å². The van der Waals surface area contributed by atoms with Crippen molar-refractivity contribution in [3.8, 4) is 0 Å². The Morgan fingerprint density at radius 3 is 2.48 bits per heavy atom. The first-order valence-electron chi connectivity index (χ1n) is 8.03. The predicted octanol–water partition coefficient (Wildman–Crippen LogP) is 4.21. The van der Waals surface area contributed by atoms with Crippen LogP contribution in [0.3, 0.4) is 0 Å². The van der Waals surface area contributed by atoms with Crippen molar-refractivity contribution >= 4 is 22.6 Å². The summed E-state index contributed by atoms with van der Waals surface area (Å²) in [5.74, 6) is 0. The average Bonchev–Trinajstić information content (AvgIpc) is 2.87. The summed E-state index contributed by atoms with van der Waals surface area (Å²) in [4.78, 5) is 2.41. The van der Waals surface area contributed by atoms with Gasteiger partial charge in [-0.05, 0) is 42.7 Å². The van der Waals surface area contributed by atoms with Crippen LogP contribution in [0.25, 0.3) is 5.57 Å². The van der Waals surface area contributed by atoms with Gasteiger partial charge in [0.15, 0.2) is 0 Å². The zero-order chi connectivity index (χ0) is 16.1. The molecule has 0 saturated heterocycles. The molecule has 0 bridgehead atoms. The van der Waals surface area contributed by atoms with Gasteiger partial charge in [-0.25, -0.2) is 0 Å². The minimum absolute atomic E-state index is 0.747. The third-order valence-corrected chi connectivity index (χ3v) is 4.34. The lowest BCUT2D eigenvalue weighted by atomic mass is 9.98. The smallest absolute Gasteiger partial charge is 0.0697 e. The lowest BCUT2D eigenvalue weighted by molar-refractivity contribution is 0.388. The van der Waals surface area contributed by atoms with E-state index in [0.717, 1.165) is 42.9 Å². The van der Waals surface area contributed by atoms with E-state index in [0.29, 0.717) is 0 Å². The Morgan fingerprint density at radius 1 is 0.957 bits per heavy atom. The summed E-state index contributed by atoms with van der Waals surface area (Å²) in [7, 11) is 1.91. The van der Waals surface area contributed by atoms with Crippen LogP contribution in [0.2, 0.25) is 0 Å². The van der Waals surface area contributed by atoms with Crippen molar-refractivity contribution in [3.05, 3.63) is 60.2 Å². The molecule has 0 aliphatic carbocycles. The summed E-state index contributed by atoms with van der Waals surface area (Å²) in [5, 5.41) is 12.7. The molecule has 120 valence electrons. The second-order valence-electron chi connectivity index (χ2n) is 5.68. The van der Waals surface area contributed by atoms with Gasteiger partial charge in [0.05, 0.1) is 5.69 Å². The van der Waals surface area contributed by atoms with Crippen LogP contribution in [-0.2, 0) is 0 Å². The number of benzene rings is 2. The molecule has 0 amide bonds. The van der Waals surface area contributed by atoms with E-state index in [1.165, 1.54) is 11.3 Å². The summed E-state index contributed by atoms with van der Waals surface area (Å²) in [6, 6.07) is 16.4. The molecule has 4 nitrogen and oxygen atoms in total. The standard InChI is InChI=1S/C19H23N3O/c1-20-17-10-5-11-18(21-23)19(17)15-7-6-13-22(14-12-15)16-8-3-2-4-9-16/h2-5,7-11,20-21,23H,6,12-14H2,1H3. The summed E-state index contributed by atoms with van der Waals surface area (Å²) >= 11 is 0. The monoisotopic (exact) mass is 309 g/mol. The Labute approximate surface area is 137 Å². The van der Waals surface area contributed by atoms with Crippen LogP contribution in [0, 0.1) is 0 Å². The number of para-hydroxylation sites is 1. The van der Waals surface area contributed by atoms with Gasteiger partial charge in [0.2, 0.25) is 0 Å². The Balaban J connectivity index is 1.85. The summed E-state index contributed by atoms with van der Waals surface area (Å²) in [6.45, 7) is 1.98. The Hall–Kier alpha value is -2.46. The van der Waals surface area contributed by atoms with E-state index in [2.05, 4.69) is 46.0 Å². The number of hydrogen-bond acceptors (Lipinski definition) is 4. The fraction of sp³-hybridized carbons (Fsp3) is 0.263. The minimum atomic E-state index is 0.747. The van der Waals surface area contributed by atoms with Gasteiger partial charge in [0, 0.05) is 37.1 Å². The Morgan fingerprint density at radius 2 is 1.74 bits per heavy atom. The second-order valence-corrected chi connectivity index (χ2v) is 5.68. The largest absolute Gasteiger partial charge is 0.388 e. The van der Waals surface area contributed by atoms with E-state index in [1.807, 2.05) is 31.3 Å². The van der Waals surface area contributed by atoms with E-state index in [-0.39, 0.29) is 0 Å². The van der Waals surface area contributed by atoms with Crippen LogP contribution in [0.15, 0.2) is 54.6 Å². The maximum atomic E-state index is 9.45. The molecule has 0 spiro atoms. The lowest BCUT2D eigenvalue weighted by Crippen LogP contribution is -2.24. The van der Waals surface area contributed by atoms with Crippen molar-refractivity contribution in [1.29, 1.82) is 0 Å². The zero-order valence-corrected chi connectivity index (χ0v) is 13.4. The van der Waals surface area contributed by atoms with Crippen LogP contribution < -0.4 is 15.7 Å². The highest BCUT2D eigenvalue weighted by molar-refractivity contribution is 5.85. The van der Waals surface area contributed by atoms with Crippen molar-refractivity contribution in [2.75, 3.05) is 35.8 Å². The van der Waals surface area contributed by atoms with Crippen LogP contribution in [-0.4, -0.2) is 25.3 Å². The number of hydrogen-bond donors (Lipinski definition) is 3. The molecule has 0 atom stereocenters. The van der Waals surface area contributed by atoms with E-state index in [1.54, 1.807) is 0 Å². The molecule has 1 aliphatic heterocycles. The molecule has 2 aromatic carbocycles. The molecule has 0 radical (unpaired) electrons. The van der Waals surface area contributed by atoms with Gasteiger partial charge in [-0.2, -0.15) is 0 Å². The van der Waals surface area contributed by atoms with Crippen molar-refractivity contribution in [2.24, 2.45) is 0 Å². The molecular weight excluding hydrogens is 286 g/mol. The third kappa shape index (κ3) is 3.32. The Bertz CT molecular complexity index is 660. The van der Waals surface area contributed by atoms with Crippen LogP contribution in [0.5, 0.6) is 0 Å². The fourth-order valence-corrected chi connectivity index (χ4v) is 3.19. The highest BCUT2D eigenvalue weighted by Gasteiger charge is 2.16. The fourth-order valence-electron chi connectivity index (χ4n) is 3.19. The molecule has 3 rings (SSSR count). The molecule has 3 N–H and O–H groups in total. The molecule has 0 aromatic heterocycles. The molecule has 23 heavy (non-hydrogen) atoms. The van der Waals surface area contributed by atoms with Gasteiger partial charge in [-0.3, -0.25) is 10.7 Å². The molecule has 1 heterocycles. The molecule has 1 aliphatic rings. The van der Waals surface area contributed by atoms with E-state index in [4.69, 9.17) is 0 Å². The first kappa shape index (κ1) is 15.4. The van der Waals surface area contributed by atoms with Crippen LogP contribution in [0.4, 0.5) is 17.1 Å². The second kappa shape index (κ2) is 7.20. The molecular formula is C19H23N3O. The summed E-state index contributed by atoms with van der Waals surface area (Å²) < 4.78 is 0. The van der Waals surface area contributed by atoms with Gasteiger partial charge in [-0.1, -0.05) is 30.3 Å². The summed E-state index contributed by atoms with van der Waals surface area (Å²) in [5.41, 5.74) is 7.71. The highest BCUT2D eigenvalue weighted by Crippen LogP contribution is 2.35. The van der Waals surface area contributed by atoms with E-state index in [9.17, 15) is 5.21 Å². The van der Waals surface area contributed by atoms with Crippen molar-refractivity contribution in [2.45, 2.75) is 12.8 Å². The average molecular weight is 309 g/mol.